The van der Waals surface area contributed by atoms with Gasteiger partial charge in [0.1, 0.15) is 0 Å². The molecule has 4 heteroatoms. The highest BCUT2D eigenvalue weighted by Crippen LogP contribution is 2.52. The molecule has 0 bridgehead atoms. The maximum atomic E-state index is 5.19. The quantitative estimate of drug-likeness (QED) is 0.228. The Morgan fingerprint density at radius 2 is 1.40 bits per heavy atom. The summed E-state index contributed by atoms with van der Waals surface area (Å²) in [4.78, 5) is 15.0. The second-order valence-electron chi connectivity index (χ2n) is 10.9. The van der Waals surface area contributed by atoms with Gasteiger partial charge in [-0.15, -0.1) is 11.3 Å². The molecule has 0 aliphatic heterocycles. The van der Waals surface area contributed by atoms with Gasteiger partial charge in [0.15, 0.2) is 5.82 Å². The van der Waals surface area contributed by atoms with Crippen molar-refractivity contribution in [2.75, 3.05) is 0 Å². The van der Waals surface area contributed by atoms with Crippen LogP contribution in [0.3, 0.4) is 0 Å². The lowest BCUT2D eigenvalue weighted by molar-refractivity contribution is 0.657. The molecule has 0 radical (unpaired) electrons. The summed E-state index contributed by atoms with van der Waals surface area (Å²) in [5.74, 6) is 0.725. The smallest absolute Gasteiger partial charge is 0.160 e. The summed E-state index contributed by atoms with van der Waals surface area (Å²) in [6.45, 7) is 4.58. The highest BCUT2D eigenvalue weighted by Gasteiger charge is 2.40. The highest BCUT2D eigenvalue weighted by molar-refractivity contribution is 7.26. The van der Waals surface area contributed by atoms with Crippen molar-refractivity contribution in [1.29, 1.82) is 0 Å². The Balaban J connectivity index is 1.36. The fourth-order valence-corrected chi connectivity index (χ4v) is 7.43. The van der Waals surface area contributed by atoms with Crippen LogP contribution in [-0.2, 0) is 5.41 Å². The molecular weight excluding hydrogens is 506 g/mol. The first-order chi connectivity index (χ1) is 19.6. The van der Waals surface area contributed by atoms with Gasteiger partial charge in [-0.05, 0) is 41.0 Å². The molecule has 0 saturated heterocycles. The number of benzene rings is 4. The monoisotopic (exact) mass is 531 g/mol. The minimum absolute atomic E-state index is 0.295. The summed E-state index contributed by atoms with van der Waals surface area (Å²) in [6.07, 6.45) is 1.84. The molecule has 4 aromatic carbocycles. The van der Waals surface area contributed by atoms with Gasteiger partial charge >= 0.3 is 0 Å². The van der Waals surface area contributed by atoms with E-state index in [1.807, 2.05) is 53.9 Å². The van der Waals surface area contributed by atoms with Crippen LogP contribution in [0.5, 0.6) is 0 Å². The van der Waals surface area contributed by atoms with Crippen molar-refractivity contribution in [3.05, 3.63) is 127 Å². The number of hydrogen-bond acceptors (Lipinski definition) is 4. The molecule has 8 rings (SSSR count). The third-order valence-electron chi connectivity index (χ3n) is 8.14. The van der Waals surface area contributed by atoms with Gasteiger partial charge < -0.3 is 0 Å². The van der Waals surface area contributed by atoms with Crippen molar-refractivity contribution < 1.29 is 0 Å². The predicted molar refractivity (Wildman–Crippen MR) is 167 cm³/mol. The van der Waals surface area contributed by atoms with Gasteiger partial charge in [-0.2, -0.15) is 0 Å². The molecule has 0 fully saturated rings. The Morgan fingerprint density at radius 3 is 2.25 bits per heavy atom. The van der Waals surface area contributed by atoms with Gasteiger partial charge in [-0.3, -0.25) is 4.98 Å². The van der Waals surface area contributed by atoms with Crippen LogP contribution in [-0.4, -0.2) is 15.0 Å². The van der Waals surface area contributed by atoms with Gasteiger partial charge in [0, 0.05) is 48.5 Å². The van der Waals surface area contributed by atoms with Crippen molar-refractivity contribution in [1.82, 2.24) is 15.0 Å². The molecule has 0 saturated carbocycles. The van der Waals surface area contributed by atoms with Crippen molar-refractivity contribution >= 4 is 31.5 Å². The normalized spacial score (nSPS) is 13.4. The van der Waals surface area contributed by atoms with Gasteiger partial charge in [0.2, 0.25) is 0 Å². The van der Waals surface area contributed by atoms with Crippen LogP contribution in [0.4, 0.5) is 0 Å². The van der Waals surface area contributed by atoms with Crippen LogP contribution in [0.1, 0.15) is 25.0 Å². The zero-order valence-corrected chi connectivity index (χ0v) is 23.0. The largest absolute Gasteiger partial charge is 0.255 e. The van der Waals surface area contributed by atoms with Crippen molar-refractivity contribution in [3.8, 4) is 45.2 Å². The number of hydrogen-bond donors (Lipinski definition) is 0. The molecule has 1 aliphatic carbocycles. The minimum Gasteiger partial charge on any atom is -0.255 e. The maximum Gasteiger partial charge on any atom is 0.160 e. The van der Waals surface area contributed by atoms with Gasteiger partial charge in [0.25, 0.3) is 0 Å². The van der Waals surface area contributed by atoms with Gasteiger partial charge in [0.05, 0.1) is 17.1 Å². The summed E-state index contributed by atoms with van der Waals surface area (Å²) in [5.41, 5.74) is 9.56. The second kappa shape index (κ2) is 8.67. The van der Waals surface area contributed by atoms with E-state index >= 15 is 0 Å². The average molecular weight is 532 g/mol. The molecule has 0 atom stereocenters. The molecule has 7 aromatic rings. The molecule has 0 N–H and O–H groups in total. The minimum atomic E-state index is -0.295. The highest BCUT2D eigenvalue weighted by atomic mass is 32.1. The summed E-state index contributed by atoms with van der Waals surface area (Å²) in [7, 11) is 0. The van der Waals surface area contributed by atoms with Gasteiger partial charge in [-0.25, -0.2) is 9.97 Å². The van der Waals surface area contributed by atoms with Crippen molar-refractivity contribution in [3.63, 3.8) is 0 Å². The maximum absolute atomic E-state index is 5.19. The van der Waals surface area contributed by atoms with E-state index in [4.69, 9.17) is 15.0 Å². The third-order valence-corrected chi connectivity index (χ3v) is 9.36. The molecular formula is C36H25N3S. The van der Waals surface area contributed by atoms with E-state index in [9.17, 15) is 0 Å². The van der Waals surface area contributed by atoms with E-state index in [1.165, 1.54) is 42.4 Å². The summed E-state index contributed by atoms with van der Waals surface area (Å²) < 4.78 is 2.65. The van der Waals surface area contributed by atoms with Crippen LogP contribution in [0.25, 0.3) is 65.3 Å². The number of pyridine rings is 1. The molecule has 1 aliphatic rings. The van der Waals surface area contributed by atoms with E-state index < -0.39 is 0 Å². The van der Waals surface area contributed by atoms with Crippen molar-refractivity contribution in [2.24, 2.45) is 0 Å². The first kappa shape index (κ1) is 23.2. The molecule has 0 spiro atoms. The SMILES string of the molecule is CC1(C)c2cc(-c3cccc4c3sc3ccccc34)ccc2-c2nc(-c3ccccc3)nc(-c3ccccn3)c21. The van der Waals surface area contributed by atoms with E-state index in [1.54, 1.807) is 0 Å². The van der Waals surface area contributed by atoms with Crippen LogP contribution in [0, 0.1) is 0 Å². The standard InChI is InChI=1S/C36H25N3S/c1-36(2)28-21-23(24-14-10-15-26-25-13-6-7-17-30(25)40-34(24)26)18-19-27(28)32-31(36)33(29-16-8-9-20-37-29)39-35(38-32)22-11-4-3-5-12-22/h3-21H,1-2H3. The number of fused-ring (bicyclic) bond motifs is 6. The Labute approximate surface area is 236 Å². The Morgan fingerprint density at radius 1 is 0.625 bits per heavy atom. The number of thiophene rings is 1. The van der Waals surface area contributed by atoms with E-state index in [2.05, 4.69) is 86.6 Å². The number of nitrogens with zero attached hydrogens (tertiary/aromatic N) is 3. The number of aromatic nitrogens is 3. The van der Waals surface area contributed by atoms with Gasteiger partial charge in [-0.1, -0.05) is 98.8 Å². The summed E-state index contributed by atoms with van der Waals surface area (Å²) in [6, 6.07) is 38.5. The van der Waals surface area contributed by atoms with Crippen LogP contribution >= 0.6 is 11.3 Å². The Hall–Kier alpha value is -4.67. The number of rotatable bonds is 3. The lowest BCUT2D eigenvalue weighted by Gasteiger charge is -2.24. The van der Waals surface area contributed by atoms with Crippen molar-refractivity contribution in [2.45, 2.75) is 19.3 Å². The second-order valence-corrected chi connectivity index (χ2v) is 11.9. The third kappa shape index (κ3) is 3.39. The molecule has 40 heavy (non-hydrogen) atoms. The Bertz CT molecular complexity index is 2080. The van der Waals surface area contributed by atoms with Crippen LogP contribution in [0.15, 0.2) is 115 Å². The zero-order chi connectivity index (χ0) is 26.8. The lowest BCUT2D eigenvalue weighted by Crippen LogP contribution is -2.18. The van der Waals surface area contributed by atoms with Crippen LogP contribution < -0.4 is 0 Å². The van der Waals surface area contributed by atoms with E-state index in [-0.39, 0.29) is 5.41 Å². The summed E-state index contributed by atoms with van der Waals surface area (Å²) in [5, 5.41) is 2.64. The van der Waals surface area contributed by atoms with Crippen LogP contribution in [0.2, 0.25) is 0 Å². The molecule has 0 amide bonds. The molecule has 3 nitrogen and oxygen atoms in total. The Kier molecular flexibility index (Phi) is 5.04. The molecule has 0 unspecified atom stereocenters. The zero-order valence-electron chi connectivity index (χ0n) is 22.2. The first-order valence-electron chi connectivity index (χ1n) is 13.5. The fourth-order valence-electron chi connectivity index (χ4n) is 6.20. The summed E-state index contributed by atoms with van der Waals surface area (Å²) >= 11 is 1.87. The molecule has 3 heterocycles. The average Bonchev–Trinajstić information content (AvgIpc) is 3.50. The predicted octanol–water partition coefficient (Wildman–Crippen LogP) is 9.55. The molecule has 190 valence electrons. The fraction of sp³-hybridized carbons (Fsp3) is 0.0833. The van der Waals surface area contributed by atoms with E-state index in [0.717, 1.165) is 34.0 Å². The first-order valence-corrected chi connectivity index (χ1v) is 14.4. The topological polar surface area (TPSA) is 38.7 Å². The lowest BCUT2D eigenvalue weighted by atomic mass is 9.80. The van der Waals surface area contributed by atoms with E-state index in [0.29, 0.717) is 0 Å². The molecule has 3 aromatic heterocycles.